The Labute approximate surface area is 113 Å². The second-order valence-electron chi connectivity index (χ2n) is 5.66. The van der Waals surface area contributed by atoms with Gasteiger partial charge in [-0.3, -0.25) is 4.90 Å². The van der Waals surface area contributed by atoms with Crippen molar-refractivity contribution in [2.75, 3.05) is 31.1 Å². The highest BCUT2D eigenvalue weighted by molar-refractivity contribution is 5.52. The number of hydrogen-bond acceptors (Lipinski definition) is 2. The molecule has 4 heteroatoms. The van der Waals surface area contributed by atoms with E-state index in [9.17, 15) is 8.78 Å². The molecule has 104 valence electrons. The summed E-state index contributed by atoms with van der Waals surface area (Å²) >= 11 is 0. The van der Waals surface area contributed by atoms with Crippen molar-refractivity contribution in [3.05, 3.63) is 29.3 Å². The Morgan fingerprint density at radius 3 is 2.74 bits per heavy atom. The van der Waals surface area contributed by atoms with Crippen molar-refractivity contribution in [3.8, 4) is 0 Å². The van der Waals surface area contributed by atoms with Crippen molar-refractivity contribution in [3.63, 3.8) is 0 Å². The van der Waals surface area contributed by atoms with Crippen LogP contribution in [-0.4, -0.2) is 37.1 Å². The highest BCUT2D eigenvalue weighted by Crippen LogP contribution is 2.30. The van der Waals surface area contributed by atoms with Crippen molar-refractivity contribution < 1.29 is 8.78 Å². The van der Waals surface area contributed by atoms with Gasteiger partial charge in [-0.25, -0.2) is 8.78 Å². The third kappa shape index (κ3) is 2.34. The number of fused-ring (bicyclic) bond motifs is 1. The average Bonchev–Trinajstić information content (AvgIpc) is 2.73. The van der Waals surface area contributed by atoms with Crippen molar-refractivity contribution in [1.29, 1.82) is 0 Å². The van der Waals surface area contributed by atoms with Gasteiger partial charge in [0, 0.05) is 25.7 Å². The van der Waals surface area contributed by atoms with Gasteiger partial charge in [-0.1, -0.05) is 6.07 Å². The monoisotopic (exact) mass is 266 g/mol. The second-order valence-corrected chi connectivity index (χ2v) is 5.66. The van der Waals surface area contributed by atoms with E-state index in [1.54, 1.807) is 6.92 Å². The highest BCUT2D eigenvalue weighted by Gasteiger charge is 2.30. The molecule has 1 aromatic rings. The van der Waals surface area contributed by atoms with Crippen LogP contribution >= 0.6 is 0 Å². The molecule has 0 spiro atoms. The Hall–Kier alpha value is -1.16. The zero-order valence-electron chi connectivity index (χ0n) is 11.3. The third-order valence-electron chi connectivity index (χ3n) is 4.38. The van der Waals surface area contributed by atoms with Crippen LogP contribution in [0, 0.1) is 18.6 Å². The molecule has 2 heterocycles. The molecular formula is C15H20F2N2. The summed E-state index contributed by atoms with van der Waals surface area (Å²) in [4.78, 5) is 4.37. The van der Waals surface area contributed by atoms with E-state index in [0.29, 0.717) is 11.6 Å². The lowest BCUT2D eigenvalue weighted by molar-refractivity contribution is 0.273. The zero-order valence-corrected chi connectivity index (χ0v) is 11.3. The normalized spacial score (nSPS) is 24.4. The van der Waals surface area contributed by atoms with Gasteiger partial charge in [0.1, 0.15) is 11.5 Å². The summed E-state index contributed by atoms with van der Waals surface area (Å²) in [5.74, 6) is -0.832. The van der Waals surface area contributed by atoms with E-state index in [-0.39, 0.29) is 5.69 Å². The van der Waals surface area contributed by atoms with E-state index in [4.69, 9.17) is 0 Å². The lowest BCUT2D eigenvalue weighted by atomic mass is 10.1. The van der Waals surface area contributed by atoms with Crippen LogP contribution in [0.25, 0.3) is 0 Å². The summed E-state index contributed by atoms with van der Waals surface area (Å²) in [7, 11) is 0. The van der Waals surface area contributed by atoms with Crippen LogP contribution in [-0.2, 0) is 0 Å². The number of anilines is 1. The summed E-state index contributed by atoms with van der Waals surface area (Å²) in [6, 6.07) is 3.35. The molecular weight excluding hydrogens is 246 g/mol. The average molecular weight is 266 g/mol. The molecule has 1 aromatic carbocycles. The van der Waals surface area contributed by atoms with Gasteiger partial charge in [0.2, 0.25) is 0 Å². The van der Waals surface area contributed by atoms with Crippen molar-refractivity contribution in [2.24, 2.45) is 0 Å². The van der Waals surface area contributed by atoms with Gasteiger partial charge in [0.15, 0.2) is 5.82 Å². The topological polar surface area (TPSA) is 6.48 Å². The fourth-order valence-corrected chi connectivity index (χ4v) is 3.34. The number of nitrogens with zero attached hydrogens (tertiary/aromatic N) is 2. The summed E-state index contributed by atoms with van der Waals surface area (Å²) in [6.07, 6.45) is 3.33. The molecule has 0 aliphatic carbocycles. The van der Waals surface area contributed by atoms with Gasteiger partial charge in [-0.15, -0.1) is 0 Å². The Morgan fingerprint density at radius 2 is 1.89 bits per heavy atom. The fraction of sp³-hybridized carbons (Fsp3) is 0.600. The van der Waals surface area contributed by atoms with E-state index >= 15 is 0 Å². The Morgan fingerprint density at radius 1 is 1.11 bits per heavy atom. The molecule has 0 bridgehead atoms. The number of aryl methyl sites for hydroxylation is 1. The summed E-state index contributed by atoms with van der Waals surface area (Å²) < 4.78 is 28.2. The predicted molar refractivity (Wildman–Crippen MR) is 72.5 cm³/mol. The summed E-state index contributed by atoms with van der Waals surface area (Å²) in [5.41, 5.74) is 0.692. The predicted octanol–water partition coefficient (Wildman–Crippen LogP) is 2.95. The Bertz CT molecular complexity index is 475. The highest BCUT2D eigenvalue weighted by atomic mass is 19.1. The van der Waals surface area contributed by atoms with Crippen molar-refractivity contribution >= 4 is 5.69 Å². The largest absolute Gasteiger partial charge is 0.365 e. The Kier molecular flexibility index (Phi) is 3.44. The third-order valence-corrected chi connectivity index (χ3v) is 4.38. The van der Waals surface area contributed by atoms with E-state index in [0.717, 1.165) is 39.0 Å². The van der Waals surface area contributed by atoms with E-state index in [1.807, 2.05) is 4.90 Å². The molecule has 19 heavy (non-hydrogen) atoms. The maximum atomic E-state index is 14.2. The van der Waals surface area contributed by atoms with Gasteiger partial charge < -0.3 is 4.90 Å². The standard InChI is InChI=1S/C15H20F2N2/c1-11-5-6-13(16)15(14(11)17)19-9-3-8-18-7-2-4-12(18)10-19/h5-6,12H,2-4,7-10H2,1H3. The van der Waals surface area contributed by atoms with E-state index in [1.165, 1.54) is 18.6 Å². The van der Waals surface area contributed by atoms with E-state index < -0.39 is 11.6 Å². The molecule has 0 saturated carbocycles. The number of hydrogen-bond donors (Lipinski definition) is 0. The molecule has 2 saturated heterocycles. The van der Waals surface area contributed by atoms with Crippen molar-refractivity contribution in [2.45, 2.75) is 32.2 Å². The second kappa shape index (κ2) is 5.08. The summed E-state index contributed by atoms with van der Waals surface area (Å²) in [6.45, 7) is 5.37. The molecule has 2 nitrogen and oxygen atoms in total. The van der Waals surface area contributed by atoms with Gasteiger partial charge in [-0.05, 0) is 44.4 Å². The van der Waals surface area contributed by atoms with Crippen LogP contribution < -0.4 is 4.90 Å². The van der Waals surface area contributed by atoms with Gasteiger partial charge >= 0.3 is 0 Å². The van der Waals surface area contributed by atoms with E-state index in [2.05, 4.69) is 4.90 Å². The molecule has 0 radical (unpaired) electrons. The quantitative estimate of drug-likeness (QED) is 0.771. The van der Waals surface area contributed by atoms with Gasteiger partial charge in [-0.2, -0.15) is 0 Å². The molecule has 0 amide bonds. The number of benzene rings is 1. The van der Waals surface area contributed by atoms with Crippen LogP contribution in [0.3, 0.4) is 0 Å². The van der Waals surface area contributed by atoms with Crippen LogP contribution in [0.2, 0.25) is 0 Å². The zero-order chi connectivity index (χ0) is 13.4. The first kappa shape index (κ1) is 12.9. The van der Waals surface area contributed by atoms with Crippen molar-refractivity contribution in [1.82, 2.24) is 4.90 Å². The lowest BCUT2D eigenvalue weighted by Gasteiger charge is -2.28. The molecule has 0 aromatic heterocycles. The first-order chi connectivity index (χ1) is 9.16. The molecule has 3 rings (SSSR count). The molecule has 2 fully saturated rings. The maximum Gasteiger partial charge on any atom is 0.152 e. The van der Waals surface area contributed by atoms with Crippen LogP contribution in [0.5, 0.6) is 0 Å². The minimum atomic E-state index is -0.436. The number of rotatable bonds is 1. The van der Waals surface area contributed by atoms with Crippen LogP contribution in [0.1, 0.15) is 24.8 Å². The molecule has 1 atom stereocenters. The van der Waals surface area contributed by atoms with Gasteiger partial charge in [0.05, 0.1) is 0 Å². The SMILES string of the molecule is Cc1ccc(F)c(N2CCCN3CCCC3C2)c1F. The first-order valence-electron chi connectivity index (χ1n) is 7.10. The lowest BCUT2D eigenvalue weighted by Crippen LogP contribution is -2.37. The van der Waals surface area contributed by atoms with Gasteiger partial charge in [0.25, 0.3) is 0 Å². The molecule has 0 N–H and O–H groups in total. The van der Waals surface area contributed by atoms with Crippen LogP contribution in [0.4, 0.5) is 14.5 Å². The number of halogens is 2. The molecule has 1 unspecified atom stereocenters. The fourth-order valence-electron chi connectivity index (χ4n) is 3.34. The molecule has 2 aliphatic rings. The summed E-state index contributed by atoms with van der Waals surface area (Å²) in [5, 5.41) is 0. The van der Waals surface area contributed by atoms with Crippen LogP contribution in [0.15, 0.2) is 12.1 Å². The smallest absolute Gasteiger partial charge is 0.152 e. The maximum absolute atomic E-state index is 14.2. The first-order valence-corrected chi connectivity index (χ1v) is 7.10. The molecule has 2 aliphatic heterocycles. The minimum Gasteiger partial charge on any atom is -0.365 e. The Balaban J connectivity index is 1.91. The minimum absolute atomic E-state index is 0.175.